The van der Waals surface area contributed by atoms with Crippen molar-refractivity contribution >= 4 is 14.5 Å². The molecule has 7 fully saturated rings. The normalized spacial score (nSPS) is 88.8. The van der Waals surface area contributed by atoms with Crippen LogP contribution in [0.4, 0.5) is 0 Å². The SMILES string of the molecule is O=P12OC34O[C@@]1(CO)[C@]2(O)[C@]1(O)[C@@]3(O)P41=O. The van der Waals surface area contributed by atoms with E-state index in [1.807, 2.05) is 0 Å². The number of aliphatic hydroxyl groups is 4. The summed E-state index contributed by atoms with van der Waals surface area (Å²) in [7, 11) is -7.48. The van der Waals surface area contributed by atoms with Crippen molar-refractivity contribution in [3.8, 4) is 0 Å². The van der Waals surface area contributed by atoms with E-state index in [0.717, 1.165) is 0 Å². The lowest BCUT2D eigenvalue weighted by atomic mass is 9.99. The third-order valence-electron chi connectivity index (χ3n) is 4.81. The molecular weight excluding hydrogens is 262 g/mol. The fourth-order valence-electron chi connectivity index (χ4n) is 3.82. The molecule has 7 atom stereocenters. The number of hydrogen-bond donors (Lipinski definition) is 4. The quantitative estimate of drug-likeness (QED) is 0.407. The van der Waals surface area contributed by atoms with Crippen LogP contribution in [0.1, 0.15) is 0 Å². The molecule has 7 heterocycles. The molecule has 88 valence electrons. The molecule has 4 N–H and O–H groups in total. The molecule has 0 aromatic carbocycles. The van der Waals surface area contributed by atoms with Crippen molar-refractivity contribution < 1.29 is 38.8 Å². The first-order chi connectivity index (χ1) is 7.22. The van der Waals surface area contributed by atoms with Gasteiger partial charge in [0.15, 0.2) is 0 Å². The second kappa shape index (κ2) is 1.51. The average Bonchev–Trinajstić information content (AvgIpc) is 2.93. The molecule has 10 heteroatoms. The van der Waals surface area contributed by atoms with Gasteiger partial charge in [0.05, 0.1) is 6.61 Å². The Bertz CT molecular complexity index is 618. The Morgan fingerprint density at radius 3 is 2.06 bits per heavy atom. The van der Waals surface area contributed by atoms with E-state index in [1.165, 1.54) is 0 Å². The van der Waals surface area contributed by atoms with Crippen LogP contribution >= 0.6 is 14.5 Å². The van der Waals surface area contributed by atoms with E-state index in [4.69, 9.17) is 14.4 Å². The summed E-state index contributed by atoms with van der Waals surface area (Å²) in [6.45, 7) is -0.819. The fourth-order valence-corrected chi connectivity index (χ4v) is 13.0. The van der Waals surface area contributed by atoms with Crippen molar-refractivity contribution in [2.45, 2.75) is 26.9 Å². The third kappa shape index (κ3) is 0.305. The van der Waals surface area contributed by atoms with Crippen LogP contribution in [-0.4, -0.2) is 53.9 Å². The van der Waals surface area contributed by atoms with Crippen LogP contribution in [0.15, 0.2) is 0 Å². The molecule has 7 aliphatic rings. The van der Waals surface area contributed by atoms with Gasteiger partial charge in [-0.1, -0.05) is 0 Å². The van der Waals surface area contributed by atoms with Crippen LogP contribution in [0, 0.1) is 0 Å². The standard InChI is InChI=1S/C6H6O8P2/c7-1-2-3(8)4(9)5(10)6(13-2,15(4,5)11)14-16(2,3)12/h7-10H,1H2/t2-,3-,4-,5-,6?,15?,16?/m1/s1. The predicted molar refractivity (Wildman–Crippen MR) is 44.8 cm³/mol. The van der Waals surface area contributed by atoms with Crippen LogP contribution < -0.4 is 0 Å². The Balaban J connectivity index is 1.91. The number of hydrogen-bond acceptors (Lipinski definition) is 8. The molecule has 16 heavy (non-hydrogen) atoms. The van der Waals surface area contributed by atoms with Crippen LogP contribution in [0.2, 0.25) is 0 Å². The first kappa shape index (κ1) is 9.19. The monoisotopic (exact) mass is 268 g/mol. The summed E-state index contributed by atoms with van der Waals surface area (Å²) in [5, 5.41) is 30.4. The third-order valence-corrected chi connectivity index (χ3v) is 12.4. The molecule has 7 saturated heterocycles. The zero-order chi connectivity index (χ0) is 11.6. The number of ether oxygens (including phenoxy) is 1. The Morgan fingerprint density at radius 1 is 1.06 bits per heavy atom. The highest BCUT2D eigenvalue weighted by Crippen LogP contribution is 3.29. The van der Waals surface area contributed by atoms with Gasteiger partial charge in [-0.05, 0) is 0 Å². The van der Waals surface area contributed by atoms with Gasteiger partial charge in [0.2, 0.25) is 28.5 Å². The van der Waals surface area contributed by atoms with Crippen LogP contribution in [-0.2, 0) is 18.4 Å². The first-order valence-corrected chi connectivity index (χ1v) is 7.95. The van der Waals surface area contributed by atoms with Crippen LogP contribution in [0.5, 0.6) is 0 Å². The molecule has 1 spiro atoms. The van der Waals surface area contributed by atoms with E-state index in [2.05, 4.69) is 0 Å². The van der Waals surface area contributed by atoms with Gasteiger partial charge in [-0.3, -0.25) is 9.09 Å². The topological polar surface area (TPSA) is 134 Å². The molecule has 0 aliphatic carbocycles. The van der Waals surface area contributed by atoms with E-state index < -0.39 is 48.0 Å². The van der Waals surface area contributed by atoms with E-state index in [1.54, 1.807) is 0 Å². The summed E-state index contributed by atoms with van der Waals surface area (Å²) in [6, 6.07) is 0. The minimum atomic E-state index is -3.82. The Hall–Kier alpha value is 0.220. The fraction of sp³-hybridized carbons (Fsp3) is 1.00. The summed E-state index contributed by atoms with van der Waals surface area (Å²) < 4.78 is 34.2. The van der Waals surface area contributed by atoms with Crippen molar-refractivity contribution in [2.75, 3.05) is 6.61 Å². The maximum Gasteiger partial charge on any atom is 0.281 e. The van der Waals surface area contributed by atoms with Crippen molar-refractivity contribution in [1.29, 1.82) is 0 Å². The summed E-state index contributed by atoms with van der Waals surface area (Å²) in [6.07, 6.45) is 0. The Morgan fingerprint density at radius 2 is 1.62 bits per heavy atom. The molecule has 0 radical (unpaired) electrons. The smallest absolute Gasteiger partial charge is 0.281 e. The zero-order valence-electron chi connectivity index (χ0n) is 7.52. The summed E-state index contributed by atoms with van der Waals surface area (Å²) in [4.78, 5) is 0. The molecule has 0 amide bonds. The molecule has 5 bridgehead atoms. The second-order valence-electron chi connectivity index (χ2n) is 4.90. The van der Waals surface area contributed by atoms with E-state index in [0.29, 0.717) is 0 Å². The lowest BCUT2D eigenvalue weighted by Crippen LogP contribution is -2.65. The van der Waals surface area contributed by atoms with E-state index in [9.17, 15) is 24.4 Å². The molecular formula is C6H6O8P2. The van der Waals surface area contributed by atoms with Crippen molar-refractivity contribution in [2.24, 2.45) is 0 Å². The van der Waals surface area contributed by atoms with Crippen molar-refractivity contribution in [1.82, 2.24) is 0 Å². The van der Waals surface area contributed by atoms with Crippen molar-refractivity contribution in [3.63, 3.8) is 0 Å². The zero-order valence-corrected chi connectivity index (χ0v) is 9.31. The maximum atomic E-state index is 12.1. The van der Waals surface area contributed by atoms with Gasteiger partial charge in [-0.2, -0.15) is 0 Å². The van der Waals surface area contributed by atoms with Crippen LogP contribution in [0.25, 0.3) is 0 Å². The van der Waals surface area contributed by atoms with Gasteiger partial charge in [-0.15, -0.1) is 0 Å². The van der Waals surface area contributed by atoms with Gasteiger partial charge >= 0.3 is 0 Å². The van der Waals surface area contributed by atoms with Gasteiger partial charge in [-0.25, -0.2) is 0 Å². The Labute approximate surface area is 87.6 Å². The highest BCUT2D eigenvalue weighted by Gasteiger charge is 3.36. The van der Waals surface area contributed by atoms with E-state index >= 15 is 0 Å². The lowest BCUT2D eigenvalue weighted by Gasteiger charge is -2.41. The number of aliphatic hydroxyl groups excluding tert-OH is 1. The lowest BCUT2D eigenvalue weighted by molar-refractivity contribution is -0.293. The summed E-state index contributed by atoms with van der Waals surface area (Å²) in [5.41, 5.74) is -1.93. The van der Waals surface area contributed by atoms with Crippen LogP contribution in [0.3, 0.4) is 0 Å². The second-order valence-corrected chi connectivity index (χ2v) is 10.7. The minimum Gasteiger partial charge on any atom is -0.393 e. The summed E-state index contributed by atoms with van der Waals surface area (Å²) >= 11 is 0. The predicted octanol–water partition coefficient (Wildman–Crippen LogP) is -1.86. The van der Waals surface area contributed by atoms with Gasteiger partial charge < -0.3 is 29.7 Å². The Kier molecular flexibility index (Phi) is 0.864. The van der Waals surface area contributed by atoms with Gasteiger partial charge in [0.25, 0.3) is 12.9 Å². The minimum absolute atomic E-state index is 0.819. The largest absolute Gasteiger partial charge is 0.393 e. The highest BCUT2D eigenvalue weighted by atomic mass is 31.2. The molecule has 7 aliphatic heterocycles. The number of rotatable bonds is 1. The maximum absolute atomic E-state index is 12.1. The van der Waals surface area contributed by atoms with Gasteiger partial charge in [0, 0.05) is 0 Å². The first-order valence-electron chi connectivity index (χ1n) is 4.62. The summed E-state index contributed by atoms with van der Waals surface area (Å²) in [5.74, 6) is 0. The molecule has 0 aromatic rings. The average molecular weight is 268 g/mol. The molecule has 7 rings (SSSR count). The molecule has 0 aromatic heterocycles. The van der Waals surface area contributed by atoms with Gasteiger partial charge in [0.1, 0.15) is 0 Å². The molecule has 3 unspecified atom stereocenters. The molecule has 8 nitrogen and oxygen atoms in total. The highest BCUT2D eigenvalue weighted by molar-refractivity contribution is 7.90. The van der Waals surface area contributed by atoms with E-state index in [-0.39, 0.29) is 0 Å². The molecule has 0 saturated carbocycles. The van der Waals surface area contributed by atoms with Crippen molar-refractivity contribution in [3.05, 3.63) is 0 Å².